The van der Waals surface area contributed by atoms with Crippen molar-refractivity contribution in [3.8, 4) is 0 Å². The molecule has 0 saturated carbocycles. The molecule has 0 heterocycles. The zero-order chi connectivity index (χ0) is 17.0. The molecule has 0 rings (SSSR count). The van der Waals surface area contributed by atoms with Crippen LogP contribution in [-0.2, 0) is 15.5 Å². The molecule has 0 radical (unpaired) electrons. The first-order valence-corrected chi connectivity index (χ1v) is 11.0. The van der Waals surface area contributed by atoms with E-state index in [0.29, 0.717) is 6.61 Å². The predicted octanol–water partition coefficient (Wildman–Crippen LogP) is 6.79. The Bertz CT molecular complexity index is 247. The molecule has 0 saturated heterocycles. The molecule has 0 aromatic heterocycles. The van der Waals surface area contributed by atoms with Gasteiger partial charge in [0.1, 0.15) is 0 Å². The van der Waals surface area contributed by atoms with E-state index >= 15 is 0 Å². The summed E-state index contributed by atoms with van der Waals surface area (Å²) in [6.45, 7) is 2.68. The Morgan fingerprint density at radius 1 is 0.609 bits per heavy atom. The molecular weight excluding hydrogens is 308 g/mol. The van der Waals surface area contributed by atoms with E-state index in [1.54, 1.807) is 0 Å². The van der Waals surface area contributed by atoms with Crippen molar-refractivity contribution >= 4 is 11.4 Å². The van der Waals surface area contributed by atoms with Crippen LogP contribution in [0.15, 0.2) is 0 Å². The second-order valence-electron chi connectivity index (χ2n) is 6.70. The quantitative estimate of drug-likeness (QED) is 0.206. The van der Waals surface area contributed by atoms with Gasteiger partial charge in [-0.1, -0.05) is 110 Å². The van der Waals surface area contributed by atoms with E-state index < -0.39 is 11.4 Å². The summed E-state index contributed by atoms with van der Waals surface area (Å²) in [5.74, 6) is 0. The lowest BCUT2D eigenvalue weighted by atomic mass is 10.0. The number of unbranched alkanes of at least 4 members (excludes halogenated alkanes) is 16. The normalized spacial score (nSPS) is 12.6. The van der Waals surface area contributed by atoms with Gasteiger partial charge in [-0.15, -0.1) is 0 Å². The number of hydrogen-bond donors (Lipinski definition) is 1. The van der Waals surface area contributed by atoms with E-state index in [4.69, 9.17) is 4.55 Å². The van der Waals surface area contributed by atoms with Crippen LogP contribution in [0.4, 0.5) is 0 Å². The first-order valence-electron chi connectivity index (χ1n) is 10.0. The van der Waals surface area contributed by atoms with Crippen LogP contribution in [0.1, 0.15) is 116 Å². The van der Waals surface area contributed by atoms with Crippen molar-refractivity contribution in [2.45, 2.75) is 116 Å². The van der Waals surface area contributed by atoms with Gasteiger partial charge in [0.2, 0.25) is 0 Å². The first-order chi connectivity index (χ1) is 11.3. The van der Waals surface area contributed by atoms with Gasteiger partial charge >= 0.3 is 11.4 Å². The molecule has 4 heteroatoms. The molecule has 140 valence electrons. The van der Waals surface area contributed by atoms with E-state index in [2.05, 4.69) is 11.1 Å². The summed E-state index contributed by atoms with van der Waals surface area (Å²) in [5, 5.41) is 0. The van der Waals surface area contributed by atoms with Crippen LogP contribution >= 0.6 is 0 Å². The van der Waals surface area contributed by atoms with Crippen molar-refractivity contribution in [2.24, 2.45) is 0 Å². The maximum atomic E-state index is 10.3. The van der Waals surface area contributed by atoms with Gasteiger partial charge in [-0.05, 0) is 6.42 Å². The fraction of sp³-hybridized carbons (Fsp3) is 1.00. The molecule has 0 aliphatic rings. The predicted molar refractivity (Wildman–Crippen MR) is 101 cm³/mol. The van der Waals surface area contributed by atoms with Crippen LogP contribution in [0.3, 0.4) is 0 Å². The minimum Gasteiger partial charge on any atom is -0.284 e. The van der Waals surface area contributed by atoms with Gasteiger partial charge in [0.05, 0.1) is 6.61 Å². The molecule has 0 aliphatic heterocycles. The van der Waals surface area contributed by atoms with Crippen LogP contribution in [0.25, 0.3) is 0 Å². The Morgan fingerprint density at radius 2 is 0.913 bits per heavy atom. The molecule has 0 amide bonds. The maximum Gasteiger partial charge on any atom is 0.301 e. The van der Waals surface area contributed by atoms with Crippen molar-refractivity contribution in [3.63, 3.8) is 0 Å². The van der Waals surface area contributed by atoms with E-state index in [1.807, 2.05) is 0 Å². The average molecular weight is 349 g/mol. The lowest BCUT2D eigenvalue weighted by Crippen LogP contribution is -1.97. The summed E-state index contributed by atoms with van der Waals surface area (Å²) in [6, 6.07) is 0. The van der Waals surface area contributed by atoms with Crippen LogP contribution in [0.2, 0.25) is 0 Å². The third kappa shape index (κ3) is 22.1. The van der Waals surface area contributed by atoms with E-state index in [1.165, 1.54) is 96.3 Å². The van der Waals surface area contributed by atoms with E-state index in [9.17, 15) is 4.21 Å². The van der Waals surface area contributed by atoms with Crippen LogP contribution < -0.4 is 0 Å². The molecule has 0 aliphatic carbocycles. The smallest absolute Gasteiger partial charge is 0.284 e. The molecule has 0 fully saturated rings. The van der Waals surface area contributed by atoms with Crippen LogP contribution in [0, 0.1) is 0 Å². The molecule has 0 bridgehead atoms. The van der Waals surface area contributed by atoms with Gasteiger partial charge < -0.3 is 0 Å². The van der Waals surface area contributed by atoms with Crippen molar-refractivity contribution in [1.82, 2.24) is 0 Å². The molecular formula is C19H40O3S. The van der Waals surface area contributed by atoms with Gasteiger partial charge in [0, 0.05) is 0 Å². The fourth-order valence-electron chi connectivity index (χ4n) is 2.96. The highest BCUT2D eigenvalue weighted by Gasteiger charge is 1.96. The average Bonchev–Trinajstić information content (AvgIpc) is 2.53. The first kappa shape index (κ1) is 23.1. The standard InChI is InChI=1S/C19H40O3S/c1-2-3-4-5-6-7-8-9-10-11-12-13-14-15-16-17-18-19-22-23(20)21/h2-19H2,1H3,(H,20,21). The molecule has 0 aromatic rings. The molecule has 1 unspecified atom stereocenters. The topological polar surface area (TPSA) is 46.5 Å². The molecule has 1 N–H and O–H groups in total. The molecule has 0 spiro atoms. The molecule has 3 nitrogen and oxygen atoms in total. The zero-order valence-electron chi connectivity index (χ0n) is 15.4. The lowest BCUT2D eigenvalue weighted by Gasteiger charge is -2.03. The zero-order valence-corrected chi connectivity index (χ0v) is 16.2. The maximum absolute atomic E-state index is 10.3. The highest BCUT2D eigenvalue weighted by Crippen LogP contribution is 2.14. The van der Waals surface area contributed by atoms with Gasteiger partial charge in [-0.2, -0.15) is 4.21 Å². The highest BCUT2D eigenvalue weighted by molar-refractivity contribution is 7.74. The minimum absolute atomic E-state index is 0.404. The number of hydrogen-bond acceptors (Lipinski definition) is 2. The largest absolute Gasteiger partial charge is 0.301 e. The summed E-state index contributed by atoms with van der Waals surface area (Å²) in [5.41, 5.74) is 0. The van der Waals surface area contributed by atoms with Crippen molar-refractivity contribution in [1.29, 1.82) is 0 Å². The van der Waals surface area contributed by atoms with Crippen molar-refractivity contribution < 1.29 is 12.9 Å². The van der Waals surface area contributed by atoms with Gasteiger partial charge in [0.25, 0.3) is 0 Å². The Morgan fingerprint density at radius 3 is 1.22 bits per heavy atom. The van der Waals surface area contributed by atoms with Gasteiger partial charge in [0.15, 0.2) is 0 Å². The summed E-state index contributed by atoms with van der Waals surface area (Å²) < 4.78 is 23.3. The van der Waals surface area contributed by atoms with Gasteiger partial charge in [-0.3, -0.25) is 8.74 Å². The number of rotatable bonds is 19. The van der Waals surface area contributed by atoms with Crippen LogP contribution in [0.5, 0.6) is 0 Å². The Labute approximate surface area is 147 Å². The summed E-state index contributed by atoms with van der Waals surface area (Å²) in [4.78, 5) is 0. The Hall–Kier alpha value is 0.0700. The monoisotopic (exact) mass is 348 g/mol. The Kier molecular flexibility index (Phi) is 20.2. The minimum atomic E-state index is -2.08. The molecule has 23 heavy (non-hydrogen) atoms. The molecule has 0 aromatic carbocycles. The van der Waals surface area contributed by atoms with Crippen molar-refractivity contribution in [3.05, 3.63) is 0 Å². The SMILES string of the molecule is CCCCCCCCCCCCCCCCCCCOS(=O)O. The summed E-state index contributed by atoms with van der Waals surface area (Å²) in [7, 11) is 0. The third-order valence-electron chi connectivity index (χ3n) is 4.43. The lowest BCUT2D eigenvalue weighted by molar-refractivity contribution is 0.296. The highest BCUT2D eigenvalue weighted by atomic mass is 32.2. The van der Waals surface area contributed by atoms with E-state index in [-0.39, 0.29) is 0 Å². The second kappa shape index (κ2) is 20.1. The Balaban J connectivity index is 2.96. The van der Waals surface area contributed by atoms with E-state index in [0.717, 1.165) is 12.8 Å². The summed E-state index contributed by atoms with van der Waals surface area (Å²) in [6.07, 6.45) is 22.8. The third-order valence-corrected chi connectivity index (χ3v) is 4.80. The fourth-order valence-corrected chi connectivity index (χ4v) is 3.22. The van der Waals surface area contributed by atoms with Crippen molar-refractivity contribution in [2.75, 3.05) is 6.61 Å². The van der Waals surface area contributed by atoms with Crippen LogP contribution in [-0.4, -0.2) is 15.4 Å². The van der Waals surface area contributed by atoms with Gasteiger partial charge in [-0.25, -0.2) is 0 Å². The molecule has 1 atom stereocenters. The second-order valence-corrected chi connectivity index (χ2v) is 7.37. The summed E-state index contributed by atoms with van der Waals surface area (Å²) >= 11 is -2.08.